The highest BCUT2D eigenvalue weighted by Gasteiger charge is 2.27. The minimum atomic E-state index is -0.271. The van der Waals surface area contributed by atoms with E-state index in [4.69, 9.17) is 4.42 Å². The van der Waals surface area contributed by atoms with Gasteiger partial charge in [-0.25, -0.2) is 4.68 Å². The first kappa shape index (κ1) is 20.3. The Balaban J connectivity index is 1.60. The maximum atomic E-state index is 13.1. The number of hydrogen-bond donors (Lipinski definition) is 1. The fraction of sp³-hybridized carbons (Fsp3) is 0.435. The van der Waals surface area contributed by atoms with Crippen molar-refractivity contribution in [1.29, 1.82) is 0 Å². The Labute approximate surface area is 175 Å². The summed E-state index contributed by atoms with van der Waals surface area (Å²) in [5.41, 5.74) is 0.141. The van der Waals surface area contributed by atoms with Gasteiger partial charge < -0.3 is 9.73 Å². The van der Waals surface area contributed by atoms with Crippen LogP contribution in [0, 0.1) is 0 Å². The zero-order chi connectivity index (χ0) is 20.9. The number of rotatable bonds is 8. The van der Waals surface area contributed by atoms with E-state index in [1.165, 1.54) is 4.68 Å². The molecule has 2 aromatic heterocycles. The van der Waals surface area contributed by atoms with E-state index in [-0.39, 0.29) is 17.5 Å². The maximum absolute atomic E-state index is 13.1. The van der Waals surface area contributed by atoms with Crippen LogP contribution in [0.1, 0.15) is 54.9 Å². The third-order valence-corrected chi connectivity index (χ3v) is 5.72. The van der Waals surface area contributed by atoms with Crippen molar-refractivity contribution >= 4 is 16.7 Å². The largest absolute Gasteiger partial charge is 0.468 e. The van der Waals surface area contributed by atoms with Crippen LogP contribution in [-0.2, 0) is 6.54 Å². The highest BCUT2D eigenvalue weighted by Crippen LogP contribution is 2.25. The molecule has 3 heterocycles. The molecule has 1 saturated heterocycles. The average Bonchev–Trinajstić information content (AvgIpc) is 3.48. The zero-order valence-electron chi connectivity index (χ0n) is 17.3. The number of furan rings is 1. The van der Waals surface area contributed by atoms with Gasteiger partial charge in [-0.15, -0.1) is 0 Å². The topological polar surface area (TPSA) is 80.4 Å². The van der Waals surface area contributed by atoms with Crippen molar-refractivity contribution in [2.24, 2.45) is 0 Å². The summed E-state index contributed by atoms with van der Waals surface area (Å²) in [5.74, 6) is 0.579. The minimum absolute atomic E-state index is 0.0105. The van der Waals surface area contributed by atoms with Crippen molar-refractivity contribution in [3.63, 3.8) is 0 Å². The van der Waals surface area contributed by atoms with Gasteiger partial charge in [0, 0.05) is 18.5 Å². The number of nitrogens with one attached hydrogen (secondary N) is 1. The highest BCUT2D eigenvalue weighted by molar-refractivity contribution is 6.04. The normalized spacial score (nSPS) is 15.5. The molecule has 7 heteroatoms. The van der Waals surface area contributed by atoms with Crippen molar-refractivity contribution in [2.45, 2.75) is 45.2 Å². The standard InChI is InChI=1S/C23H28N4O3/c1-2-3-14-27-23(29)18-10-5-4-9-17(18)21(25-27)22(28)24-16-19(20-11-8-15-30-20)26-12-6-7-13-26/h4-5,8-11,15,19H,2-3,6-7,12-14,16H2,1H3,(H,24,28)/t19-/m0/s1. The van der Waals surface area contributed by atoms with Crippen LogP contribution in [-0.4, -0.2) is 40.2 Å². The van der Waals surface area contributed by atoms with Gasteiger partial charge in [-0.1, -0.05) is 31.5 Å². The van der Waals surface area contributed by atoms with Crippen molar-refractivity contribution in [1.82, 2.24) is 20.0 Å². The SMILES string of the molecule is CCCCn1nc(C(=O)NC[C@@H](c2ccco2)N2CCCC2)c2ccccc2c1=O. The van der Waals surface area contributed by atoms with Crippen molar-refractivity contribution < 1.29 is 9.21 Å². The monoisotopic (exact) mass is 408 g/mol. The molecule has 0 spiro atoms. The summed E-state index contributed by atoms with van der Waals surface area (Å²) in [5, 5.41) is 8.58. The number of nitrogens with zero attached hydrogens (tertiary/aromatic N) is 3. The summed E-state index contributed by atoms with van der Waals surface area (Å²) in [4.78, 5) is 28.2. The third kappa shape index (κ3) is 4.16. The number of carbonyl (C=O) groups is 1. The van der Waals surface area contributed by atoms with E-state index in [1.807, 2.05) is 24.3 Å². The Morgan fingerprint density at radius 3 is 2.63 bits per heavy atom. The quantitative estimate of drug-likeness (QED) is 0.618. The molecule has 30 heavy (non-hydrogen) atoms. The van der Waals surface area contributed by atoms with Crippen LogP contribution in [0.5, 0.6) is 0 Å². The molecule has 3 aromatic rings. The van der Waals surface area contributed by atoms with E-state index in [9.17, 15) is 9.59 Å². The number of hydrogen-bond acceptors (Lipinski definition) is 5. The number of aromatic nitrogens is 2. The van der Waals surface area contributed by atoms with Gasteiger partial charge in [0.1, 0.15) is 5.76 Å². The molecule has 7 nitrogen and oxygen atoms in total. The second-order valence-corrected chi connectivity index (χ2v) is 7.76. The van der Waals surface area contributed by atoms with Gasteiger partial charge in [-0.2, -0.15) is 5.10 Å². The van der Waals surface area contributed by atoms with Crippen molar-refractivity contribution in [3.8, 4) is 0 Å². The van der Waals surface area contributed by atoms with Crippen LogP contribution in [0.3, 0.4) is 0 Å². The molecular formula is C23H28N4O3. The third-order valence-electron chi connectivity index (χ3n) is 5.72. The van der Waals surface area contributed by atoms with E-state index in [1.54, 1.807) is 18.4 Å². The number of carbonyl (C=O) groups excluding carboxylic acids is 1. The van der Waals surface area contributed by atoms with Gasteiger partial charge in [0.25, 0.3) is 11.5 Å². The molecular weight excluding hydrogens is 380 g/mol. The van der Waals surface area contributed by atoms with Gasteiger partial charge in [0.2, 0.25) is 0 Å². The molecule has 0 bridgehead atoms. The molecule has 1 N–H and O–H groups in total. The Hall–Kier alpha value is -2.93. The van der Waals surface area contributed by atoms with Gasteiger partial charge in [-0.3, -0.25) is 14.5 Å². The molecule has 1 amide bonds. The number of unbranched alkanes of at least 4 members (excludes halogenated alkanes) is 1. The molecule has 0 radical (unpaired) electrons. The van der Waals surface area contributed by atoms with E-state index >= 15 is 0 Å². The number of fused-ring (bicyclic) bond motifs is 1. The molecule has 1 aliphatic rings. The van der Waals surface area contributed by atoms with Crippen LogP contribution < -0.4 is 10.9 Å². The molecule has 1 fully saturated rings. The summed E-state index contributed by atoms with van der Waals surface area (Å²) in [6, 6.07) is 11.0. The fourth-order valence-electron chi connectivity index (χ4n) is 4.08. The summed E-state index contributed by atoms with van der Waals surface area (Å²) in [6.07, 6.45) is 5.75. The highest BCUT2D eigenvalue weighted by atomic mass is 16.3. The summed E-state index contributed by atoms with van der Waals surface area (Å²) in [6.45, 7) is 4.97. The van der Waals surface area contributed by atoms with E-state index in [0.29, 0.717) is 29.6 Å². The second kappa shape index (κ2) is 9.26. The predicted octanol–water partition coefficient (Wildman–Crippen LogP) is 3.36. The number of likely N-dealkylation sites (tertiary alicyclic amines) is 1. The van der Waals surface area contributed by atoms with E-state index in [2.05, 4.69) is 22.2 Å². The summed E-state index contributed by atoms with van der Waals surface area (Å²) >= 11 is 0. The molecule has 4 rings (SSSR count). The van der Waals surface area contributed by atoms with Gasteiger partial charge in [0.05, 0.1) is 17.7 Å². The second-order valence-electron chi connectivity index (χ2n) is 7.76. The Bertz CT molecular complexity index is 1050. The lowest BCUT2D eigenvalue weighted by Crippen LogP contribution is -2.38. The first-order valence-electron chi connectivity index (χ1n) is 10.7. The minimum Gasteiger partial charge on any atom is -0.468 e. The van der Waals surface area contributed by atoms with Crippen LogP contribution in [0.15, 0.2) is 51.9 Å². The molecule has 0 aliphatic carbocycles. The summed E-state index contributed by atoms with van der Waals surface area (Å²) in [7, 11) is 0. The maximum Gasteiger partial charge on any atom is 0.274 e. The molecule has 1 aromatic carbocycles. The number of benzene rings is 1. The van der Waals surface area contributed by atoms with E-state index in [0.717, 1.165) is 44.5 Å². The Morgan fingerprint density at radius 2 is 1.93 bits per heavy atom. The molecule has 1 aliphatic heterocycles. The Kier molecular flexibility index (Phi) is 6.28. The summed E-state index contributed by atoms with van der Waals surface area (Å²) < 4.78 is 7.06. The average molecular weight is 409 g/mol. The van der Waals surface area contributed by atoms with Crippen molar-refractivity contribution in [2.75, 3.05) is 19.6 Å². The molecule has 158 valence electrons. The van der Waals surface area contributed by atoms with Crippen LogP contribution in [0.4, 0.5) is 0 Å². The smallest absolute Gasteiger partial charge is 0.274 e. The molecule has 0 unspecified atom stereocenters. The van der Waals surface area contributed by atoms with Crippen molar-refractivity contribution in [3.05, 3.63) is 64.5 Å². The van der Waals surface area contributed by atoms with E-state index < -0.39 is 0 Å². The molecule has 0 saturated carbocycles. The fourth-order valence-corrected chi connectivity index (χ4v) is 4.08. The number of aryl methyl sites for hydroxylation is 1. The lowest BCUT2D eigenvalue weighted by molar-refractivity contribution is 0.0928. The lowest BCUT2D eigenvalue weighted by atomic mass is 10.1. The zero-order valence-corrected chi connectivity index (χ0v) is 17.3. The van der Waals surface area contributed by atoms with Crippen LogP contribution in [0.2, 0.25) is 0 Å². The predicted molar refractivity (Wildman–Crippen MR) is 116 cm³/mol. The van der Waals surface area contributed by atoms with Gasteiger partial charge >= 0.3 is 0 Å². The Morgan fingerprint density at radius 1 is 1.17 bits per heavy atom. The van der Waals surface area contributed by atoms with Gasteiger partial charge in [0.15, 0.2) is 5.69 Å². The van der Waals surface area contributed by atoms with Crippen LogP contribution in [0.25, 0.3) is 10.8 Å². The lowest BCUT2D eigenvalue weighted by Gasteiger charge is -2.26. The molecule has 1 atom stereocenters. The first-order valence-corrected chi connectivity index (χ1v) is 10.7. The van der Waals surface area contributed by atoms with Gasteiger partial charge in [-0.05, 0) is 50.6 Å². The number of amides is 1. The van der Waals surface area contributed by atoms with Crippen LogP contribution >= 0.6 is 0 Å². The first-order chi connectivity index (χ1) is 14.7.